The van der Waals surface area contributed by atoms with Gasteiger partial charge in [-0.1, -0.05) is 26.0 Å². The van der Waals surface area contributed by atoms with Gasteiger partial charge in [0.25, 0.3) is 0 Å². The second kappa shape index (κ2) is 7.58. The minimum absolute atomic E-state index is 0.0166. The zero-order chi connectivity index (χ0) is 16.1. The molecule has 22 heavy (non-hydrogen) atoms. The lowest BCUT2D eigenvalue weighted by molar-refractivity contribution is 0.0826. The topological polar surface area (TPSA) is 52.6 Å². The van der Waals surface area contributed by atoms with E-state index in [1.165, 1.54) is 12.1 Å². The van der Waals surface area contributed by atoms with Gasteiger partial charge in [0.05, 0.1) is 6.10 Å². The molecule has 0 spiro atoms. The zero-order valence-corrected chi connectivity index (χ0v) is 13.3. The molecule has 1 aliphatic heterocycles. The summed E-state index contributed by atoms with van der Waals surface area (Å²) in [5.74, 6) is 0.0138. The fourth-order valence-corrected chi connectivity index (χ4v) is 2.72. The number of urea groups is 1. The van der Waals surface area contributed by atoms with E-state index in [2.05, 4.69) is 19.2 Å². The SMILES string of the molecule is CC(C)[C@H](Cc1ccc(F)cc1)NC(=O)N1CCC[C@@H](O)C1. The highest BCUT2D eigenvalue weighted by Crippen LogP contribution is 2.14. The maximum atomic E-state index is 13.0. The van der Waals surface area contributed by atoms with Crippen LogP contribution in [0.25, 0.3) is 0 Å². The van der Waals surface area contributed by atoms with Crippen LogP contribution in [0.5, 0.6) is 0 Å². The fraction of sp³-hybridized carbons (Fsp3) is 0.588. The van der Waals surface area contributed by atoms with Crippen LogP contribution < -0.4 is 5.32 Å². The van der Waals surface area contributed by atoms with Crippen LogP contribution in [-0.2, 0) is 6.42 Å². The molecule has 1 heterocycles. The Labute approximate surface area is 131 Å². The lowest BCUT2D eigenvalue weighted by Gasteiger charge is -2.32. The third-order valence-electron chi connectivity index (χ3n) is 4.17. The van der Waals surface area contributed by atoms with E-state index in [-0.39, 0.29) is 23.8 Å². The summed E-state index contributed by atoms with van der Waals surface area (Å²) < 4.78 is 13.0. The second-order valence-corrected chi connectivity index (χ2v) is 6.37. The van der Waals surface area contributed by atoms with E-state index in [0.717, 1.165) is 18.4 Å². The number of β-amino-alcohol motifs (C(OH)–C–C–N with tert-alkyl or cyclic N) is 1. The van der Waals surface area contributed by atoms with Gasteiger partial charge in [0.2, 0.25) is 0 Å². The van der Waals surface area contributed by atoms with Crippen molar-refractivity contribution in [3.8, 4) is 0 Å². The number of aliphatic hydroxyl groups excluding tert-OH is 1. The number of hydrogen-bond acceptors (Lipinski definition) is 2. The standard InChI is InChI=1S/C17H25FN2O2/c1-12(2)16(10-13-5-7-14(18)8-6-13)19-17(22)20-9-3-4-15(21)11-20/h5-8,12,15-16,21H,3-4,9-11H2,1-2H3,(H,19,22)/t15-,16+/m1/s1. The van der Waals surface area contributed by atoms with Gasteiger partial charge < -0.3 is 15.3 Å². The molecule has 1 aliphatic rings. The Kier molecular flexibility index (Phi) is 5.77. The maximum Gasteiger partial charge on any atom is 0.317 e. The lowest BCUT2D eigenvalue weighted by Crippen LogP contribution is -2.51. The maximum absolute atomic E-state index is 13.0. The third-order valence-corrected chi connectivity index (χ3v) is 4.17. The number of amides is 2. The van der Waals surface area contributed by atoms with Gasteiger partial charge in [-0.05, 0) is 42.9 Å². The number of halogens is 1. The number of carbonyl (C=O) groups is 1. The van der Waals surface area contributed by atoms with Crippen molar-refractivity contribution in [2.45, 2.75) is 45.3 Å². The normalized spacial score (nSPS) is 20.0. The molecule has 5 heteroatoms. The first-order chi connectivity index (χ1) is 10.5. The molecule has 1 fully saturated rings. The van der Waals surface area contributed by atoms with Crippen molar-refractivity contribution in [2.24, 2.45) is 5.92 Å². The van der Waals surface area contributed by atoms with Crippen LogP contribution in [0.3, 0.4) is 0 Å². The Morgan fingerprint density at radius 2 is 2.09 bits per heavy atom. The highest BCUT2D eigenvalue weighted by molar-refractivity contribution is 5.74. The predicted octanol–water partition coefficient (Wildman–Crippen LogP) is 2.56. The van der Waals surface area contributed by atoms with E-state index in [4.69, 9.17) is 0 Å². The van der Waals surface area contributed by atoms with Gasteiger partial charge in [0.15, 0.2) is 0 Å². The first kappa shape index (κ1) is 16.7. The summed E-state index contributed by atoms with van der Waals surface area (Å²) in [4.78, 5) is 14.0. The minimum atomic E-state index is -0.422. The molecule has 0 aliphatic carbocycles. The Morgan fingerprint density at radius 3 is 2.68 bits per heavy atom. The number of rotatable bonds is 4. The minimum Gasteiger partial charge on any atom is -0.391 e. The molecule has 1 saturated heterocycles. The summed E-state index contributed by atoms with van der Waals surface area (Å²) in [6.07, 6.45) is 1.83. The average Bonchev–Trinajstić information content (AvgIpc) is 2.48. The van der Waals surface area contributed by atoms with Gasteiger partial charge in [-0.15, -0.1) is 0 Å². The number of likely N-dealkylation sites (tertiary alicyclic amines) is 1. The van der Waals surface area contributed by atoms with E-state index >= 15 is 0 Å². The first-order valence-corrected chi connectivity index (χ1v) is 7.93. The zero-order valence-electron chi connectivity index (χ0n) is 13.3. The molecule has 0 unspecified atom stereocenters. The van der Waals surface area contributed by atoms with E-state index in [9.17, 15) is 14.3 Å². The van der Waals surface area contributed by atoms with Gasteiger partial charge in [0, 0.05) is 19.1 Å². The molecule has 2 N–H and O–H groups in total. The Hall–Kier alpha value is -1.62. The first-order valence-electron chi connectivity index (χ1n) is 7.93. The smallest absolute Gasteiger partial charge is 0.317 e. The van der Waals surface area contributed by atoms with Gasteiger partial charge in [0.1, 0.15) is 5.82 Å². The van der Waals surface area contributed by atoms with Crippen molar-refractivity contribution in [2.75, 3.05) is 13.1 Å². The molecule has 0 bridgehead atoms. The largest absolute Gasteiger partial charge is 0.391 e. The molecule has 0 saturated carbocycles. The monoisotopic (exact) mass is 308 g/mol. The molecule has 1 aromatic rings. The van der Waals surface area contributed by atoms with Crippen LogP contribution >= 0.6 is 0 Å². The molecular formula is C17H25FN2O2. The van der Waals surface area contributed by atoms with Crippen LogP contribution in [0.4, 0.5) is 9.18 Å². The summed E-state index contributed by atoms with van der Waals surface area (Å²) in [5.41, 5.74) is 0.999. The molecule has 1 aromatic carbocycles. The molecule has 0 radical (unpaired) electrons. The van der Waals surface area contributed by atoms with Crippen molar-refractivity contribution in [3.05, 3.63) is 35.6 Å². The van der Waals surface area contributed by atoms with Gasteiger partial charge in [-0.3, -0.25) is 0 Å². The Morgan fingerprint density at radius 1 is 1.41 bits per heavy atom. The van der Waals surface area contributed by atoms with E-state index in [1.54, 1.807) is 17.0 Å². The van der Waals surface area contributed by atoms with Crippen molar-refractivity contribution in [1.82, 2.24) is 10.2 Å². The van der Waals surface area contributed by atoms with Gasteiger partial charge in [-0.25, -0.2) is 9.18 Å². The summed E-state index contributed by atoms with van der Waals surface area (Å²) >= 11 is 0. The molecule has 2 atom stereocenters. The molecular weight excluding hydrogens is 283 g/mol. The molecule has 2 amide bonds. The number of hydrogen-bond donors (Lipinski definition) is 2. The van der Waals surface area contributed by atoms with Crippen LogP contribution in [0.2, 0.25) is 0 Å². The third kappa shape index (κ3) is 4.70. The molecule has 2 rings (SSSR count). The number of aliphatic hydroxyl groups is 1. The summed E-state index contributed by atoms with van der Waals surface area (Å²) in [6, 6.07) is 6.24. The van der Waals surface area contributed by atoms with E-state index < -0.39 is 6.10 Å². The van der Waals surface area contributed by atoms with E-state index in [0.29, 0.717) is 19.5 Å². The quantitative estimate of drug-likeness (QED) is 0.898. The highest BCUT2D eigenvalue weighted by atomic mass is 19.1. The molecule has 4 nitrogen and oxygen atoms in total. The number of nitrogens with zero attached hydrogens (tertiary/aromatic N) is 1. The second-order valence-electron chi connectivity index (χ2n) is 6.37. The predicted molar refractivity (Wildman–Crippen MR) is 84.1 cm³/mol. The molecule has 0 aromatic heterocycles. The fourth-order valence-electron chi connectivity index (χ4n) is 2.72. The Bertz CT molecular complexity index is 490. The number of piperidine rings is 1. The van der Waals surface area contributed by atoms with Crippen molar-refractivity contribution in [1.29, 1.82) is 0 Å². The van der Waals surface area contributed by atoms with Crippen LogP contribution in [-0.4, -0.2) is 41.3 Å². The van der Waals surface area contributed by atoms with Crippen molar-refractivity contribution < 1.29 is 14.3 Å². The number of carbonyl (C=O) groups excluding carboxylic acids is 1. The van der Waals surface area contributed by atoms with E-state index in [1.807, 2.05) is 0 Å². The number of nitrogens with one attached hydrogen (secondary N) is 1. The average molecular weight is 308 g/mol. The molecule has 122 valence electrons. The van der Waals surface area contributed by atoms with Crippen molar-refractivity contribution in [3.63, 3.8) is 0 Å². The summed E-state index contributed by atoms with van der Waals surface area (Å²) in [7, 11) is 0. The van der Waals surface area contributed by atoms with Crippen LogP contribution in [0.15, 0.2) is 24.3 Å². The highest BCUT2D eigenvalue weighted by Gasteiger charge is 2.25. The Balaban J connectivity index is 1.96. The van der Waals surface area contributed by atoms with Crippen molar-refractivity contribution >= 4 is 6.03 Å². The lowest BCUT2D eigenvalue weighted by atomic mass is 9.96. The van der Waals surface area contributed by atoms with Crippen LogP contribution in [0.1, 0.15) is 32.3 Å². The number of benzene rings is 1. The summed E-state index contributed by atoms with van der Waals surface area (Å²) in [6.45, 7) is 5.19. The van der Waals surface area contributed by atoms with Crippen LogP contribution in [0, 0.1) is 11.7 Å². The van der Waals surface area contributed by atoms with Gasteiger partial charge >= 0.3 is 6.03 Å². The summed E-state index contributed by atoms with van der Waals surface area (Å²) in [5, 5.41) is 12.7. The van der Waals surface area contributed by atoms with Gasteiger partial charge in [-0.2, -0.15) is 0 Å².